The Kier molecular flexibility index (Phi) is 6.52. The molecule has 0 aliphatic rings. The molecule has 1 aromatic rings. The maximum atomic E-state index is 13.0. The molecule has 0 atom stereocenters. The van der Waals surface area contributed by atoms with E-state index in [1.165, 1.54) is 0 Å². The number of unbranched alkanes of at least 4 members (excludes halogenated alkanes) is 3. The number of carbonyl (C=O) groups is 1. The van der Waals surface area contributed by atoms with E-state index in [1.807, 2.05) is 6.92 Å². The van der Waals surface area contributed by atoms with E-state index in [0.29, 0.717) is 12.5 Å². The van der Waals surface area contributed by atoms with E-state index in [4.69, 9.17) is 0 Å². The highest BCUT2D eigenvalue weighted by Gasteiger charge is 2.35. The largest absolute Gasteiger partial charge is 0.416 e. The van der Waals surface area contributed by atoms with Gasteiger partial charge in [0.1, 0.15) is 5.78 Å². The third-order valence-corrected chi connectivity index (χ3v) is 3.31. The summed E-state index contributed by atoms with van der Waals surface area (Å²) >= 11 is 0. The zero-order chi connectivity index (χ0) is 16.8. The molecule has 0 heterocycles. The number of carbonyl (C=O) groups excluding carboxylic acids is 1. The quantitative estimate of drug-likeness (QED) is 0.397. The van der Waals surface area contributed by atoms with Crippen LogP contribution in [0.15, 0.2) is 18.2 Å². The highest BCUT2D eigenvalue weighted by Crippen LogP contribution is 2.34. The lowest BCUT2D eigenvalue weighted by atomic mass is 9.98. The molecule has 0 saturated carbocycles. The van der Waals surface area contributed by atoms with Crippen LogP contribution in [-0.4, -0.2) is 10.7 Å². The van der Waals surface area contributed by atoms with E-state index < -0.39 is 22.4 Å². The summed E-state index contributed by atoms with van der Waals surface area (Å²) < 4.78 is 38.9. The predicted octanol–water partition coefficient (Wildman–Crippen LogP) is 4.70. The number of non-ortho nitro benzene ring substituents is 1. The molecule has 22 heavy (non-hydrogen) atoms. The first-order chi connectivity index (χ1) is 10.3. The Hall–Kier alpha value is -1.92. The second kappa shape index (κ2) is 7.91. The van der Waals surface area contributed by atoms with Crippen LogP contribution in [0.5, 0.6) is 0 Å². The van der Waals surface area contributed by atoms with Crippen molar-refractivity contribution in [2.24, 2.45) is 0 Å². The van der Waals surface area contributed by atoms with Crippen molar-refractivity contribution in [1.29, 1.82) is 0 Å². The number of Topliss-reactive ketones (excluding diaryl/α,β-unsaturated/α-hetero) is 1. The van der Waals surface area contributed by atoms with Gasteiger partial charge in [-0.1, -0.05) is 32.3 Å². The lowest BCUT2D eigenvalue weighted by Gasteiger charge is -2.12. The van der Waals surface area contributed by atoms with Crippen LogP contribution in [-0.2, 0) is 17.4 Å². The number of benzene rings is 1. The molecule has 122 valence electrons. The highest BCUT2D eigenvalue weighted by atomic mass is 19.4. The minimum absolute atomic E-state index is 0.210. The molecule has 0 aliphatic carbocycles. The molecule has 7 heteroatoms. The zero-order valence-corrected chi connectivity index (χ0v) is 12.3. The van der Waals surface area contributed by atoms with Crippen LogP contribution in [0, 0.1) is 10.1 Å². The van der Waals surface area contributed by atoms with Crippen LogP contribution in [0.4, 0.5) is 18.9 Å². The normalized spacial score (nSPS) is 11.5. The first-order valence-corrected chi connectivity index (χ1v) is 7.12. The smallest absolute Gasteiger partial charge is 0.299 e. The van der Waals surface area contributed by atoms with Crippen molar-refractivity contribution in [3.63, 3.8) is 0 Å². The second-order valence-corrected chi connectivity index (χ2v) is 5.12. The maximum absolute atomic E-state index is 13.0. The Morgan fingerprint density at radius 3 is 2.45 bits per heavy atom. The summed E-state index contributed by atoms with van der Waals surface area (Å²) in [5, 5.41) is 10.6. The second-order valence-electron chi connectivity index (χ2n) is 5.12. The monoisotopic (exact) mass is 317 g/mol. The molecule has 0 aliphatic heterocycles. The average molecular weight is 317 g/mol. The van der Waals surface area contributed by atoms with E-state index in [2.05, 4.69) is 0 Å². The first-order valence-electron chi connectivity index (χ1n) is 7.12. The number of nitro groups is 1. The third-order valence-electron chi connectivity index (χ3n) is 3.31. The van der Waals surface area contributed by atoms with E-state index >= 15 is 0 Å². The van der Waals surface area contributed by atoms with Gasteiger partial charge in [-0.25, -0.2) is 0 Å². The Morgan fingerprint density at radius 2 is 1.91 bits per heavy atom. The third kappa shape index (κ3) is 5.46. The molecule has 1 aromatic carbocycles. The highest BCUT2D eigenvalue weighted by molar-refractivity contribution is 5.81. The fourth-order valence-electron chi connectivity index (χ4n) is 2.15. The minimum atomic E-state index is -4.72. The van der Waals surface area contributed by atoms with Gasteiger partial charge in [-0.05, 0) is 12.0 Å². The van der Waals surface area contributed by atoms with Gasteiger partial charge in [0, 0.05) is 25.0 Å². The van der Waals surface area contributed by atoms with Gasteiger partial charge in [0.25, 0.3) is 5.69 Å². The van der Waals surface area contributed by atoms with Crippen LogP contribution in [0.3, 0.4) is 0 Å². The molecule has 0 fully saturated rings. The van der Waals surface area contributed by atoms with Crippen molar-refractivity contribution in [2.75, 3.05) is 0 Å². The average Bonchev–Trinajstić information content (AvgIpc) is 2.42. The molecular weight excluding hydrogens is 299 g/mol. The molecule has 0 spiro atoms. The topological polar surface area (TPSA) is 60.2 Å². The fraction of sp³-hybridized carbons (Fsp3) is 0.533. The molecule has 4 nitrogen and oxygen atoms in total. The Bertz CT molecular complexity index is 541. The minimum Gasteiger partial charge on any atom is -0.299 e. The molecule has 0 unspecified atom stereocenters. The molecule has 0 saturated heterocycles. The van der Waals surface area contributed by atoms with Gasteiger partial charge in [0.2, 0.25) is 0 Å². The van der Waals surface area contributed by atoms with Gasteiger partial charge < -0.3 is 0 Å². The van der Waals surface area contributed by atoms with Crippen LogP contribution in [0.2, 0.25) is 0 Å². The van der Waals surface area contributed by atoms with Gasteiger partial charge >= 0.3 is 6.18 Å². The number of nitrogens with zero attached hydrogens (tertiary/aromatic N) is 1. The van der Waals surface area contributed by atoms with Gasteiger partial charge in [-0.15, -0.1) is 0 Å². The molecule has 0 aromatic heterocycles. The molecule has 0 bridgehead atoms. The molecule has 0 N–H and O–H groups in total. The van der Waals surface area contributed by atoms with Crippen molar-refractivity contribution < 1.29 is 22.9 Å². The fourth-order valence-corrected chi connectivity index (χ4v) is 2.15. The number of hydrogen-bond acceptors (Lipinski definition) is 3. The van der Waals surface area contributed by atoms with E-state index in [0.717, 1.165) is 31.4 Å². The van der Waals surface area contributed by atoms with Crippen molar-refractivity contribution >= 4 is 11.5 Å². The number of nitro benzene ring substituents is 1. The zero-order valence-electron chi connectivity index (χ0n) is 12.3. The molecule has 0 amide bonds. The molecule has 0 radical (unpaired) electrons. The van der Waals surface area contributed by atoms with Crippen LogP contribution < -0.4 is 0 Å². The van der Waals surface area contributed by atoms with Gasteiger partial charge in [0.15, 0.2) is 0 Å². The number of ketones is 1. The van der Waals surface area contributed by atoms with Crippen LogP contribution >= 0.6 is 0 Å². The van der Waals surface area contributed by atoms with Crippen molar-refractivity contribution in [2.45, 2.75) is 51.6 Å². The number of hydrogen-bond donors (Lipinski definition) is 0. The van der Waals surface area contributed by atoms with Crippen molar-refractivity contribution in [3.8, 4) is 0 Å². The molecule has 1 rings (SSSR count). The summed E-state index contributed by atoms with van der Waals surface area (Å²) in [5.41, 5.74) is -1.95. The predicted molar refractivity (Wildman–Crippen MR) is 75.6 cm³/mol. The van der Waals surface area contributed by atoms with Crippen molar-refractivity contribution in [1.82, 2.24) is 0 Å². The summed E-state index contributed by atoms with van der Waals surface area (Å²) in [4.78, 5) is 21.5. The van der Waals surface area contributed by atoms with E-state index in [1.54, 1.807) is 0 Å². The lowest BCUT2D eigenvalue weighted by Crippen LogP contribution is -2.13. The summed E-state index contributed by atoms with van der Waals surface area (Å²) in [6, 6.07) is 2.50. The number of halogens is 3. The Balaban J connectivity index is 2.85. The Morgan fingerprint density at radius 1 is 1.23 bits per heavy atom. The summed E-state index contributed by atoms with van der Waals surface area (Å²) in [7, 11) is 0. The summed E-state index contributed by atoms with van der Waals surface area (Å²) in [6.45, 7) is 2.02. The SMILES string of the molecule is CCCCCCC(=O)Cc1ccc([N+](=O)[O-])cc1C(F)(F)F. The summed E-state index contributed by atoms with van der Waals surface area (Å²) in [6.07, 6.45) is -1.32. The maximum Gasteiger partial charge on any atom is 0.416 e. The van der Waals surface area contributed by atoms with Gasteiger partial charge in [0.05, 0.1) is 10.5 Å². The first kappa shape index (κ1) is 18.1. The van der Waals surface area contributed by atoms with Crippen LogP contribution in [0.25, 0.3) is 0 Å². The van der Waals surface area contributed by atoms with E-state index in [9.17, 15) is 28.1 Å². The number of alkyl halides is 3. The lowest BCUT2D eigenvalue weighted by molar-refractivity contribution is -0.385. The standard InChI is InChI=1S/C15H18F3NO3/c1-2-3-4-5-6-13(20)9-11-7-8-12(19(21)22)10-14(11)15(16,17)18/h7-8,10H,2-6,9H2,1H3. The molecular formula is C15H18F3NO3. The van der Waals surface area contributed by atoms with Gasteiger partial charge in [-0.2, -0.15) is 13.2 Å². The van der Waals surface area contributed by atoms with E-state index in [-0.39, 0.29) is 24.2 Å². The number of rotatable bonds is 8. The van der Waals surface area contributed by atoms with Crippen molar-refractivity contribution in [3.05, 3.63) is 39.4 Å². The summed E-state index contributed by atoms with van der Waals surface area (Å²) in [5.74, 6) is -0.282. The Labute approximate surface area is 126 Å². The van der Waals surface area contributed by atoms with Gasteiger partial charge in [-0.3, -0.25) is 14.9 Å². The van der Waals surface area contributed by atoms with Crippen LogP contribution in [0.1, 0.15) is 50.2 Å².